The highest BCUT2D eigenvalue weighted by molar-refractivity contribution is 5.57. The average Bonchev–Trinajstić information content (AvgIpc) is 3.21. The predicted molar refractivity (Wildman–Crippen MR) is 69.7 cm³/mol. The minimum Gasteiger partial charge on any atom is -0.376 e. The highest BCUT2D eigenvalue weighted by Gasteiger charge is 2.26. The molecule has 2 saturated heterocycles. The summed E-state index contributed by atoms with van der Waals surface area (Å²) in [6.07, 6.45) is 5.19. The van der Waals surface area contributed by atoms with E-state index in [2.05, 4.69) is 6.92 Å². The summed E-state index contributed by atoms with van der Waals surface area (Å²) in [5, 5.41) is 0. The van der Waals surface area contributed by atoms with Gasteiger partial charge in [-0.25, -0.2) is 0 Å². The minimum atomic E-state index is -0.0873. The summed E-state index contributed by atoms with van der Waals surface area (Å²) in [5.74, 6) is 0. The molecule has 106 valence electrons. The van der Waals surface area contributed by atoms with E-state index in [1.807, 2.05) is 13.8 Å². The summed E-state index contributed by atoms with van der Waals surface area (Å²) in [4.78, 5) is 10.3. The van der Waals surface area contributed by atoms with E-state index >= 15 is 0 Å². The second kappa shape index (κ2) is 7.87. The molecule has 2 rings (SSSR count). The largest absolute Gasteiger partial charge is 0.376 e. The summed E-state index contributed by atoms with van der Waals surface area (Å²) >= 11 is 0. The predicted octanol–water partition coefficient (Wildman–Crippen LogP) is 2.20. The second-order valence-corrected chi connectivity index (χ2v) is 5.66. The van der Waals surface area contributed by atoms with Crippen molar-refractivity contribution in [2.24, 2.45) is 5.41 Å². The highest BCUT2D eigenvalue weighted by Crippen LogP contribution is 2.19. The molecule has 2 unspecified atom stereocenters. The molecule has 0 radical (unpaired) electrons. The number of carbonyl (C=O) groups is 1. The Bertz CT molecular complexity index is 220. The summed E-state index contributed by atoms with van der Waals surface area (Å²) in [7, 11) is 0. The molecule has 2 aliphatic heterocycles. The lowest BCUT2D eigenvalue weighted by molar-refractivity contribution is -0.115. The number of epoxide rings is 2. The minimum absolute atomic E-state index is 0.0873. The van der Waals surface area contributed by atoms with Crippen LogP contribution in [0.5, 0.6) is 0 Å². The molecule has 2 aliphatic rings. The molecular formula is C14H26O4. The number of hydrogen-bond acceptors (Lipinski definition) is 4. The molecular weight excluding hydrogens is 232 g/mol. The molecule has 0 bridgehead atoms. The zero-order valence-electron chi connectivity index (χ0n) is 11.8. The van der Waals surface area contributed by atoms with Crippen LogP contribution in [0.2, 0.25) is 0 Å². The third-order valence-corrected chi connectivity index (χ3v) is 2.91. The molecule has 18 heavy (non-hydrogen) atoms. The molecule has 0 saturated carbocycles. The molecule has 0 aliphatic carbocycles. The van der Waals surface area contributed by atoms with Gasteiger partial charge in [0.15, 0.2) is 0 Å². The lowest BCUT2D eigenvalue weighted by Gasteiger charge is -2.14. The first-order chi connectivity index (χ1) is 8.57. The van der Waals surface area contributed by atoms with Crippen LogP contribution in [0, 0.1) is 5.41 Å². The first-order valence-corrected chi connectivity index (χ1v) is 6.84. The maximum absolute atomic E-state index is 10.3. The normalized spacial score (nSPS) is 25.1. The SMILES string of the molecule is C(OCC1CO1)C1CO1.CCCCC(C)(C)C=O. The Balaban J connectivity index is 0.000000180. The van der Waals surface area contributed by atoms with Gasteiger partial charge in [-0.1, -0.05) is 33.6 Å². The first-order valence-electron chi connectivity index (χ1n) is 6.84. The van der Waals surface area contributed by atoms with Gasteiger partial charge in [0.05, 0.1) is 26.4 Å². The fourth-order valence-corrected chi connectivity index (χ4v) is 1.35. The van der Waals surface area contributed by atoms with Crippen LogP contribution in [-0.4, -0.2) is 44.9 Å². The van der Waals surface area contributed by atoms with Crippen LogP contribution in [0.25, 0.3) is 0 Å². The van der Waals surface area contributed by atoms with Crippen molar-refractivity contribution in [3.05, 3.63) is 0 Å². The van der Waals surface area contributed by atoms with Gasteiger partial charge in [-0.3, -0.25) is 0 Å². The van der Waals surface area contributed by atoms with Gasteiger partial charge in [-0.2, -0.15) is 0 Å². The molecule has 4 nitrogen and oxygen atoms in total. The van der Waals surface area contributed by atoms with Crippen molar-refractivity contribution in [1.29, 1.82) is 0 Å². The highest BCUT2D eigenvalue weighted by atomic mass is 16.6. The van der Waals surface area contributed by atoms with Gasteiger partial charge in [0.1, 0.15) is 18.5 Å². The van der Waals surface area contributed by atoms with Crippen LogP contribution in [0.1, 0.15) is 40.0 Å². The van der Waals surface area contributed by atoms with Gasteiger partial charge >= 0.3 is 0 Å². The quantitative estimate of drug-likeness (QED) is 0.495. The number of carbonyl (C=O) groups excluding carboxylic acids is 1. The van der Waals surface area contributed by atoms with E-state index in [0.717, 1.165) is 45.6 Å². The number of rotatable bonds is 8. The smallest absolute Gasteiger partial charge is 0.125 e. The van der Waals surface area contributed by atoms with Crippen LogP contribution in [0.15, 0.2) is 0 Å². The summed E-state index contributed by atoms with van der Waals surface area (Å²) in [5.41, 5.74) is -0.0873. The molecule has 2 heterocycles. The van der Waals surface area contributed by atoms with Crippen molar-refractivity contribution >= 4 is 6.29 Å². The molecule has 0 N–H and O–H groups in total. The van der Waals surface area contributed by atoms with Crippen LogP contribution in [0.4, 0.5) is 0 Å². The Morgan fingerprint density at radius 2 is 1.72 bits per heavy atom. The third kappa shape index (κ3) is 8.61. The third-order valence-electron chi connectivity index (χ3n) is 2.91. The van der Waals surface area contributed by atoms with Crippen LogP contribution in [-0.2, 0) is 19.0 Å². The van der Waals surface area contributed by atoms with Crippen molar-refractivity contribution in [3.8, 4) is 0 Å². The van der Waals surface area contributed by atoms with Crippen LogP contribution >= 0.6 is 0 Å². The second-order valence-electron chi connectivity index (χ2n) is 5.66. The fraction of sp³-hybridized carbons (Fsp3) is 0.929. The number of hydrogen-bond donors (Lipinski definition) is 0. The van der Waals surface area contributed by atoms with Crippen LogP contribution in [0.3, 0.4) is 0 Å². The maximum Gasteiger partial charge on any atom is 0.125 e. The average molecular weight is 258 g/mol. The Morgan fingerprint density at radius 3 is 2.06 bits per heavy atom. The van der Waals surface area contributed by atoms with Gasteiger partial charge in [0.2, 0.25) is 0 Å². The Labute approximate surface area is 110 Å². The Morgan fingerprint density at radius 1 is 1.22 bits per heavy atom. The molecule has 0 spiro atoms. The molecule has 2 fully saturated rings. The van der Waals surface area contributed by atoms with Crippen molar-refractivity contribution in [1.82, 2.24) is 0 Å². The molecule has 2 atom stereocenters. The van der Waals surface area contributed by atoms with E-state index in [1.165, 1.54) is 6.42 Å². The molecule has 0 aromatic heterocycles. The lowest BCUT2D eigenvalue weighted by atomic mass is 9.89. The topological polar surface area (TPSA) is 51.4 Å². The zero-order valence-corrected chi connectivity index (χ0v) is 11.8. The summed E-state index contributed by atoms with van der Waals surface area (Å²) in [6.45, 7) is 9.36. The van der Waals surface area contributed by atoms with E-state index in [1.54, 1.807) is 0 Å². The summed E-state index contributed by atoms with van der Waals surface area (Å²) in [6, 6.07) is 0. The number of ether oxygens (including phenoxy) is 3. The zero-order chi connectivity index (χ0) is 13.4. The number of aldehydes is 1. The van der Waals surface area contributed by atoms with Gasteiger partial charge in [0.25, 0.3) is 0 Å². The van der Waals surface area contributed by atoms with Crippen LogP contribution < -0.4 is 0 Å². The standard InChI is InChI=1S/C8H16O.C6H10O3/c1-4-5-6-8(2,3)7-9;1(5-3-8-5)7-2-6-4-9-6/h7H,4-6H2,1-3H3;5-6H,1-4H2. The van der Waals surface area contributed by atoms with Crippen molar-refractivity contribution in [3.63, 3.8) is 0 Å². The van der Waals surface area contributed by atoms with Crippen molar-refractivity contribution in [2.45, 2.75) is 52.2 Å². The Hall–Kier alpha value is -0.450. The van der Waals surface area contributed by atoms with Crippen molar-refractivity contribution < 1.29 is 19.0 Å². The maximum atomic E-state index is 10.3. The van der Waals surface area contributed by atoms with E-state index < -0.39 is 0 Å². The van der Waals surface area contributed by atoms with Gasteiger partial charge in [0, 0.05) is 5.41 Å². The van der Waals surface area contributed by atoms with Gasteiger partial charge in [-0.15, -0.1) is 0 Å². The molecule has 4 heteroatoms. The molecule has 0 aromatic rings. The monoisotopic (exact) mass is 258 g/mol. The first kappa shape index (κ1) is 15.6. The van der Waals surface area contributed by atoms with Crippen molar-refractivity contribution in [2.75, 3.05) is 26.4 Å². The lowest BCUT2D eigenvalue weighted by Crippen LogP contribution is -2.11. The van der Waals surface area contributed by atoms with Gasteiger partial charge in [-0.05, 0) is 6.42 Å². The van der Waals surface area contributed by atoms with Gasteiger partial charge < -0.3 is 19.0 Å². The number of unbranched alkanes of at least 4 members (excludes halogenated alkanes) is 1. The fourth-order valence-electron chi connectivity index (χ4n) is 1.35. The van der Waals surface area contributed by atoms with E-state index in [4.69, 9.17) is 14.2 Å². The molecule has 0 amide bonds. The van der Waals surface area contributed by atoms with E-state index in [0.29, 0.717) is 12.2 Å². The summed E-state index contributed by atoms with van der Waals surface area (Å²) < 4.78 is 15.1. The molecule has 0 aromatic carbocycles. The Kier molecular flexibility index (Phi) is 6.82. The van der Waals surface area contributed by atoms with E-state index in [9.17, 15) is 4.79 Å². The van der Waals surface area contributed by atoms with E-state index in [-0.39, 0.29) is 5.41 Å².